The average molecular weight is 417 g/mol. The van der Waals surface area contributed by atoms with Gasteiger partial charge in [0.15, 0.2) is 16.4 Å². The molecular formula is C17H24N2O6S2. The second kappa shape index (κ2) is 9.32. The fourth-order valence-electron chi connectivity index (χ4n) is 2.92. The van der Waals surface area contributed by atoms with Crippen LogP contribution in [0.5, 0.6) is 0 Å². The molecule has 1 fully saturated rings. The molecule has 2 atom stereocenters. The molecule has 0 bridgehead atoms. The molecule has 0 aliphatic carbocycles. The SMILES string of the molecule is CC[C@H](C)N(C(=O)COC(=O)CNC(=O)c1cccs1)[C@H]1CCS(=O)(=O)C1. The van der Waals surface area contributed by atoms with Crippen LogP contribution in [0.25, 0.3) is 0 Å². The molecule has 0 aromatic carbocycles. The average Bonchev–Trinajstić information content (AvgIpc) is 3.27. The van der Waals surface area contributed by atoms with Crippen LogP contribution in [-0.2, 0) is 24.2 Å². The minimum atomic E-state index is -3.13. The molecule has 1 aromatic rings. The lowest BCUT2D eigenvalue weighted by Gasteiger charge is -2.33. The van der Waals surface area contributed by atoms with E-state index in [1.807, 2.05) is 13.8 Å². The lowest BCUT2D eigenvalue weighted by molar-refractivity contribution is -0.153. The molecular weight excluding hydrogens is 392 g/mol. The summed E-state index contributed by atoms with van der Waals surface area (Å²) >= 11 is 1.25. The third-order valence-electron chi connectivity index (χ3n) is 4.45. The van der Waals surface area contributed by atoms with E-state index in [9.17, 15) is 22.8 Å². The van der Waals surface area contributed by atoms with Crippen molar-refractivity contribution in [1.29, 1.82) is 0 Å². The summed E-state index contributed by atoms with van der Waals surface area (Å²) in [5.41, 5.74) is 0. The Labute approximate surface area is 162 Å². The smallest absolute Gasteiger partial charge is 0.325 e. The highest BCUT2D eigenvalue weighted by molar-refractivity contribution is 7.91. The molecule has 1 aliphatic heterocycles. The second-order valence-corrected chi connectivity index (χ2v) is 9.61. The molecule has 1 aromatic heterocycles. The molecule has 8 nitrogen and oxygen atoms in total. The van der Waals surface area contributed by atoms with Gasteiger partial charge in [0.05, 0.1) is 16.4 Å². The maximum atomic E-state index is 12.5. The van der Waals surface area contributed by atoms with Gasteiger partial charge in [-0.2, -0.15) is 0 Å². The summed E-state index contributed by atoms with van der Waals surface area (Å²) in [4.78, 5) is 38.1. The molecule has 2 rings (SSSR count). The summed E-state index contributed by atoms with van der Waals surface area (Å²) in [6.45, 7) is 2.92. The van der Waals surface area contributed by atoms with E-state index in [4.69, 9.17) is 4.74 Å². The van der Waals surface area contributed by atoms with Gasteiger partial charge in [0, 0.05) is 12.1 Å². The van der Waals surface area contributed by atoms with E-state index in [0.29, 0.717) is 17.7 Å². The zero-order valence-corrected chi connectivity index (χ0v) is 17.0. The predicted molar refractivity (Wildman–Crippen MR) is 101 cm³/mol. The van der Waals surface area contributed by atoms with Crippen molar-refractivity contribution >= 4 is 39.0 Å². The van der Waals surface area contributed by atoms with Gasteiger partial charge in [-0.3, -0.25) is 14.4 Å². The largest absolute Gasteiger partial charge is 0.454 e. The molecule has 1 aliphatic rings. The minimum absolute atomic E-state index is 0.0616. The number of hydrogen-bond donors (Lipinski definition) is 1. The zero-order valence-electron chi connectivity index (χ0n) is 15.3. The van der Waals surface area contributed by atoms with Crippen LogP contribution in [-0.4, -0.2) is 67.8 Å². The van der Waals surface area contributed by atoms with E-state index in [2.05, 4.69) is 5.32 Å². The first-order valence-corrected chi connectivity index (χ1v) is 11.4. The van der Waals surface area contributed by atoms with Crippen molar-refractivity contribution in [2.75, 3.05) is 24.7 Å². The number of thiophene rings is 1. The summed E-state index contributed by atoms with van der Waals surface area (Å²) in [5.74, 6) is -1.54. The van der Waals surface area contributed by atoms with Crippen molar-refractivity contribution < 1.29 is 27.5 Å². The highest BCUT2D eigenvalue weighted by atomic mass is 32.2. The lowest BCUT2D eigenvalue weighted by Crippen LogP contribution is -2.48. The number of amides is 2. The van der Waals surface area contributed by atoms with Crippen molar-refractivity contribution in [2.24, 2.45) is 0 Å². The molecule has 150 valence electrons. The number of carbonyl (C=O) groups is 3. The third-order valence-corrected chi connectivity index (χ3v) is 7.07. The van der Waals surface area contributed by atoms with Gasteiger partial charge in [0.2, 0.25) is 0 Å². The fourth-order valence-corrected chi connectivity index (χ4v) is 5.27. The van der Waals surface area contributed by atoms with Crippen molar-refractivity contribution in [1.82, 2.24) is 10.2 Å². The van der Waals surface area contributed by atoms with Gasteiger partial charge >= 0.3 is 5.97 Å². The quantitative estimate of drug-likeness (QED) is 0.629. The standard InChI is InChI=1S/C17H24N2O6S2/c1-3-12(2)19(13-6-8-27(23,24)11-13)15(20)10-25-16(21)9-18-17(22)14-5-4-7-26-14/h4-5,7,12-13H,3,6,8-11H2,1-2H3,(H,18,22)/t12-,13-/m0/s1. The van der Waals surface area contributed by atoms with Crippen LogP contribution in [0.15, 0.2) is 17.5 Å². The lowest BCUT2D eigenvalue weighted by atomic mass is 10.1. The van der Waals surface area contributed by atoms with Gasteiger partial charge < -0.3 is 15.0 Å². The Morgan fingerprint density at radius 1 is 1.41 bits per heavy atom. The Balaban J connectivity index is 1.85. The molecule has 2 amide bonds. The first kappa shape index (κ1) is 21.4. The van der Waals surface area contributed by atoms with Crippen LogP contribution >= 0.6 is 11.3 Å². The molecule has 10 heteroatoms. The zero-order chi connectivity index (χ0) is 20.0. The monoisotopic (exact) mass is 416 g/mol. The number of rotatable bonds is 8. The summed E-state index contributed by atoms with van der Waals surface area (Å²) in [7, 11) is -3.13. The normalized spacial score (nSPS) is 19.3. The van der Waals surface area contributed by atoms with Gasteiger partial charge in [0.25, 0.3) is 11.8 Å². The van der Waals surface area contributed by atoms with Crippen LogP contribution in [0.4, 0.5) is 0 Å². The van der Waals surface area contributed by atoms with E-state index >= 15 is 0 Å². The van der Waals surface area contributed by atoms with Crippen LogP contribution in [0.3, 0.4) is 0 Å². The van der Waals surface area contributed by atoms with E-state index in [1.54, 1.807) is 17.5 Å². The highest BCUT2D eigenvalue weighted by Gasteiger charge is 2.36. The molecule has 0 radical (unpaired) electrons. The van der Waals surface area contributed by atoms with Gasteiger partial charge in [0.1, 0.15) is 6.54 Å². The number of ether oxygens (including phenoxy) is 1. The maximum absolute atomic E-state index is 12.5. The molecule has 0 saturated carbocycles. The summed E-state index contributed by atoms with van der Waals surface area (Å²) in [6.07, 6.45) is 1.05. The minimum Gasteiger partial charge on any atom is -0.454 e. The molecule has 1 N–H and O–H groups in total. The van der Waals surface area contributed by atoms with Crippen molar-refractivity contribution in [3.8, 4) is 0 Å². The van der Waals surface area contributed by atoms with Crippen molar-refractivity contribution in [2.45, 2.75) is 38.8 Å². The summed E-state index contributed by atoms with van der Waals surface area (Å²) in [5, 5.41) is 4.18. The number of sulfone groups is 1. The van der Waals surface area contributed by atoms with E-state index in [1.165, 1.54) is 16.2 Å². The van der Waals surface area contributed by atoms with Crippen LogP contribution in [0.2, 0.25) is 0 Å². The van der Waals surface area contributed by atoms with Gasteiger partial charge in [-0.05, 0) is 31.2 Å². The first-order valence-electron chi connectivity index (χ1n) is 8.72. The summed E-state index contributed by atoms with van der Waals surface area (Å²) in [6, 6.07) is 2.81. The Bertz CT molecular complexity index is 775. The Morgan fingerprint density at radius 3 is 2.70 bits per heavy atom. The number of nitrogens with one attached hydrogen (secondary N) is 1. The Morgan fingerprint density at radius 2 is 2.15 bits per heavy atom. The van der Waals surface area contributed by atoms with E-state index in [-0.39, 0.29) is 30.0 Å². The number of esters is 1. The van der Waals surface area contributed by atoms with E-state index in [0.717, 1.165) is 0 Å². The number of carbonyl (C=O) groups excluding carboxylic acids is 3. The van der Waals surface area contributed by atoms with Crippen molar-refractivity contribution in [3.05, 3.63) is 22.4 Å². The van der Waals surface area contributed by atoms with Gasteiger partial charge in [-0.1, -0.05) is 13.0 Å². The predicted octanol–water partition coefficient (Wildman–Crippen LogP) is 0.835. The second-order valence-electron chi connectivity index (χ2n) is 6.44. The summed E-state index contributed by atoms with van der Waals surface area (Å²) < 4.78 is 28.4. The van der Waals surface area contributed by atoms with Gasteiger partial charge in [-0.15, -0.1) is 11.3 Å². The Kier molecular flexibility index (Phi) is 7.37. The highest BCUT2D eigenvalue weighted by Crippen LogP contribution is 2.21. The molecule has 0 unspecified atom stereocenters. The van der Waals surface area contributed by atoms with Gasteiger partial charge in [-0.25, -0.2) is 8.42 Å². The van der Waals surface area contributed by atoms with Crippen LogP contribution < -0.4 is 5.32 Å². The molecule has 1 saturated heterocycles. The Hall–Kier alpha value is -1.94. The number of nitrogens with zero attached hydrogens (tertiary/aromatic N) is 1. The molecule has 2 heterocycles. The van der Waals surface area contributed by atoms with Crippen LogP contribution in [0, 0.1) is 0 Å². The topological polar surface area (TPSA) is 110 Å². The number of hydrogen-bond acceptors (Lipinski definition) is 7. The van der Waals surface area contributed by atoms with Crippen molar-refractivity contribution in [3.63, 3.8) is 0 Å². The first-order chi connectivity index (χ1) is 12.7. The van der Waals surface area contributed by atoms with E-state index < -0.39 is 34.4 Å². The fraction of sp³-hybridized carbons (Fsp3) is 0.588. The molecule has 27 heavy (non-hydrogen) atoms. The maximum Gasteiger partial charge on any atom is 0.325 e. The van der Waals surface area contributed by atoms with Crippen LogP contribution in [0.1, 0.15) is 36.4 Å². The third kappa shape index (κ3) is 6.03. The molecule has 0 spiro atoms.